The number of fused-ring (bicyclic) bond motifs is 1. The van der Waals surface area contributed by atoms with Gasteiger partial charge >= 0.3 is 0 Å². The van der Waals surface area contributed by atoms with Crippen LogP contribution in [0.3, 0.4) is 0 Å². The van der Waals surface area contributed by atoms with Gasteiger partial charge in [0.15, 0.2) is 5.16 Å². The van der Waals surface area contributed by atoms with Gasteiger partial charge in [-0.3, -0.25) is 14.2 Å². The first-order valence-corrected chi connectivity index (χ1v) is 8.80. The minimum atomic E-state index is -0.426. The first-order valence-electron chi connectivity index (χ1n) is 6.83. The molecule has 0 saturated heterocycles. The first-order chi connectivity index (χ1) is 10.6. The number of nitrogens with two attached hydrogens (primary N) is 1. The zero-order valence-corrected chi connectivity index (χ0v) is 13.7. The molecule has 0 aliphatic carbocycles. The maximum Gasteiger partial charge on any atom is 0.272 e. The second-order valence-corrected chi connectivity index (χ2v) is 7.05. The van der Waals surface area contributed by atoms with E-state index in [9.17, 15) is 9.59 Å². The van der Waals surface area contributed by atoms with Crippen LogP contribution in [-0.2, 0) is 11.2 Å². The van der Waals surface area contributed by atoms with E-state index in [1.807, 2.05) is 31.2 Å². The van der Waals surface area contributed by atoms with Crippen molar-refractivity contribution >= 4 is 29.4 Å². The van der Waals surface area contributed by atoms with Gasteiger partial charge in [-0.05, 0) is 19.1 Å². The van der Waals surface area contributed by atoms with Gasteiger partial charge in [-0.1, -0.05) is 29.5 Å². The predicted molar refractivity (Wildman–Crippen MR) is 88.9 cm³/mol. The van der Waals surface area contributed by atoms with Crippen molar-refractivity contribution in [1.82, 2.24) is 9.55 Å². The van der Waals surface area contributed by atoms with Crippen molar-refractivity contribution in [2.24, 2.45) is 5.73 Å². The van der Waals surface area contributed by atoms with E-state index in [0.29, 0.717) is 10.1 Å². The topological polar surface area (TPSA) is 78.0 Å². The van der Waals surface area contributed by atoms with Gasteiger partial charge in [0.05, 0.1) is 22.0 Å². The summed E-state index contributed by atoms with van der Waals surface area (Å²) in [5.74, 6) is 0.546. The third-order valence-corrected chi connectivity index (χ3v) is 5.37. The fourth-order valence-electron chi connectivity index (χ4n) is 2.25. The molecule has 5 nitrogen and oxygen atoms in total. The van der Waals surface area contributed by atoms with E-state index in [2.05, 4.69) is 4.98 Å². The third kappa shape index (κ3) is 2.91. The summed E-state index contributed by atoms with van der Waals surface area (Å²) >= 11 is 2.75. The molecule has 2 aromatic rings. The van der Waals surface area contributed by atoms with Crippen molar-refractivity contribution in [3.8, 4) is 5.69 Å². The Labute approximate surface area is 136 Å². The number of rotatable bonds is 4. The van der Waals surface area contributed by atoms with Crippen LogP contribution in [0, 0.1) is 6.92 Å². The van der Waals surface area contributed by atoms with Crippen LogP contribution in [-0.4, -0.2) is 27.0 Å². The zero-order chi connectivity index (χ0) is 15.7. The molecule has 114 valence electrons. The van der Waals surface area contributed by atoms with Gasteiger partial charge in [0.25, 0.3) is 5.56 Å². The normalized spacial score (nSPS) is 13.1. The molecule has 1 aromatic heterocycles. The number of carbonyl (C=O) groups excluding carboxylic acids is 1. The molecular weight excluding hydrogens is 318 g/mol. The summed E-state index contributed by atoms with van der Waals surface area (Å²) in [6.45, 7) is 1.99. The number of nitrogens with zero attached hydrogens (tertiary/aromatic N) is 2. The number of hydrogen-bond acceptors (Lipinski definition) is 5. The number of carbonyl (C=O) groups is 1. The lowest BCUT2D eigenvalue weighted by atomic mass is 10.2. The Bertz CT molecular complexity index is 785. The number of aryl methyl sites for hydroxylation is 2. The molecule has 0 saturated carbocycles. The van der Waals surface area contributed by atoms with E-state index in [1.165, 1.54) is 11.8 Å². The smallest absolute Gasteiger partial charge is 0.272 e. The molecule has 3 rings (SSSR count). The van der Waals surface area contributed by atoms with E-state index >= 15 is 0 Å². The van der Waals surface area contributed by atoms with Crippen molar-refractivity contribution in [2.75, 3.05) is 11.5 Å². The molecule has 1 aromatic carbocycles. The first kappa shape index (κ1) is 15.2. The maximum absolute atomic E-state index is 12.8. The Morgan fingerprint density at radius 2 is 2.14 bits per heavy atom. The minimum absolute atomic E-state index is 0.0664. The highest BCUT2D eigenvalue weighted by Crippen LogP contribution is 2.29. The predicted octanol–water partition coefficient (Wildman–Crippen LogP) is 1.77. The highest BCUT2D eigenvalue weighted by Gasteiger charge is 2.22. The van der Waals surface area contributed by atoms with Crippen LogP contribution in [0.1, 0.15) is 11.3 Å². The average Bonchev–Trinajstić information content (AvgIpc) is 2.95. The molecule has 0 unspecified atom stereocenters. The van der Waals surface area contributed by atoms with Crippen LogP contribution in [0.2, 0.25) is 0 Å². The highest BCUT2D eigenvalue weighted by atomic mass is 32.2. The van der Waals surface area contributed by atoms with Crippen molar-refractivity contribution in [3.05, 3.63) is 45.9 Å². The number of hydrogen-bond donors (Lipinski definition) is 1. The van der Waals surface area contributed by atoms with Gasteiger partial charge in [-0.25, -0.2) is 4.98 Å². The Balaban J connectivity index is 2.15. The van der Waals surface area contributed by atoms with E-state index < -0.39 is 5.91 Å². The van der Waals surface area contributed by atoms with Gasteiger partial charge < -0.3 is 5.73 Å². The fraction of sp³-hybridized carbons (Fsp3) is 0.267. The summed E-state index contributed by atoms with van der Waals surface area (Å²) in [4.78, 5) is 29.1. The highest BCUT2D eigenvalue weighted by molar-refractivity contribution is 8.00. The van der Waals surface area contributed by atoms with Crippen LogP contribution in [0.4, 0.5) is 0 Å². The van der Waals surface area contributed by atoms with E-state index in [-0.39, 0.29) is 11.3 Å². The van der Waals surface area contributed by atoms with Crippen molar-refractivity contribution in [2.45, 2.75) is 23.4 Å². The van der Waals surface area contributed by atoms with Crippen LogP contribution in [0.25, 0.3) is 5.69 Å². The number of benzene rings is 1. The molecule has 1 aliphatic heterocycles. The summed E-state index contributed by atoms with van der Waals surface area (Å²) in [5, 5.41) is 0.522. The Hall–Kier alpha value is -1.73. The fourth-order valence-corrected chi connectivity index (χ4v) is 4.04. The van der Waals surface area contributed by atoms with Gasteiger partial charge in [-0.15, -0.1) is 11.8 Å². The number of aromatic nitrogens is 2. The van der Waals surface area contributed by atoms with E-state index in [0.717, 1.165) is 29.1 Å². The molecular formula is C15H15N3O2S2. The lowest BCUT2D eigenvalue weighted by molar-refractivity contribution is -0.115. The molecule has 0 spiro atoms. The monoisotopic (exact) mass is 333 g/mol. The molecule has 0 bridgehead atoms. The SMILES string of the molecule is Cc1ccc(-n2c(SCC(N)=O)nc3c(c2=O)SCC3)cc1. The van der Waals surface area contributed by atoms with Gasteiger partial charge in [0.1, 0.15) is 0 Å². The molecule has 0 fully saturated rings. The molecule has 2 N–H and O–H groups in total. The Morgan fingerprint density at radius 1 is 1.41 bits per heavy atom. The largest absolute Gasteiger partial charge is 0.369 e. The van der Waals surface area contributed by atoms with Gasteiger partial charge in [0.2, 0.25) is 5.91 Å². The second-order valence-electron chi connectivity index (χ2n) is 5.00. The molecule has 0 radical (unpaired) electrons. The quantitative estimate of drug-likeness (QED) is 0.681. The van der Waals surface area contributed by atoms with Crippen LogP contribution in [0.5, 0.6) is 0 Å². The maximum atomic E-state index is 12.8. The Kier molecular flexibility index (Phi) is 4.26. The molecule has 0 atom stereocenters. The molecule has 22 heavy (non-hydrogen) atoms. The van der Waals surface area contributed by atoms with Crippen LogP contribution < -0.4 is 11.3 Å². The van der Waals surface area contributed by atoms with E-state index in [1.54, 1.807) is 16.3 Å². The molecule has 1 aliphatic rings. The van der Waals surface area contributed by atoms with E-state index in [4.69, 9.17) is 5.73 Å². The summed E-state index contributed by atoms with van der Waals surface area (Å²) in [6, 6.07) is 7.67. The second kappa shape index (κ2) is 6.18. The number of primary amides is 1. The summed E-state index contributed by atoms with van der Waals surface area (Å²) in [6.07, 6.45) is 0.786. The number of amides is 1. The van der Waals surface area contributed by atoms with Crippen LogP contribution in [0.15, 0.2) is 39.1 Å². The number of thioether (sulfide) groups is 2. The lowest BCUT2D eigenvalue weighted by Crippen LogP contribution is -2.24. The van der Waals surface area contributed by atoms with Crippen LogP contribution >= 0.6 is 23.5 Å². The van der Waals surface area contributed by atoms with Crippen molar-refractivity contribution in [1.29, 1.82) is 0 Å². The average molecular weight is 333 g/mol. The Morgan fingerprint density at radius 3 is 2.82 bits per heavy atom. The minimum Gasteiger partial charge on any atom is -0.369 e. The third-order valence-electron chi connectivity index (χ3n) is 3.30. The summed E-state index contributed by atoms with van der Waals surface area (Å²) in [7, 11) is 0. The van der Waals surface area contributed by atoms with Crippen molar-refractivity contribution in [3.63, 3.8) is 0 Å². The summed E-state index contributed by atoms with van der Waals surface area (Å²) in [5.41, 5.74) is 7.85. The zero-order valence-electron chi connectivity index (χ0n) is 12.0. The molecule has 7 heteroatoms. The van der Waals surface area contributed by atoms with Gasteiger partial charge in [0, 0.05) is 12.2 Å². The summed E-state index contributed by atoms with van der Waals surface area (Å²) < 4.78 is 1.57. The molecule has 2 heterocycles. The molecule has 1 amide bonds. The standard InChI is InChI=1S/C15H15N3O2S2/c1-9-2-4-10(5-3-9)18-14(20)13-11(6-7-21-13)17-15(18)22-8-12(16)19/h2-5H,6-8H2,1H3,(H2,16,19). The lowest BCUT2D eigenvalue weighted by Gasteiger charge is -2.13. The van der Waals surface area contributed by atoms with Gasteiger partial charge in [-0.2, -0.15) is 0 Å². The van der Waals surface area contributed by atoms with Crippen molar-refractivity contribution < 1.29 is 4.79 Å².